The van der Waals surface area contributed by atoms with Crippen molar-refractivity contribution in [3.63, 3.8) is 0 Å². The van der Waals surface area contributed by atoms with Gasteiger partial charge in [0.25, 0.3) is 0 Å². The maximum Gasteiger partial charge on any atom is 0.142 e. The van der Waals surface area contributed by atoms with Crippen molar-refractivity contribution in [2.24, 2.45) is 5.84 Å². The molecule has 1 heterocycles. The summed E-state index contributed by atoms with van der Waals surface area (Å²) in [5.74, 6) is 7.35. The van der Waals surface area contributed by atoms with Crippen molar-refractivity contribution in [2.75, 3.05) is 22.8 Å². The van der Waals surface area contributed by atoms with E-state index in [2.05, 4.69) is 15.7 Å². The molecule has 4 N–H and O–H groups in total. The van der Waals surface area contributed by atoms with E-state index in [1.54, 1.807) is 12.3 Å². The number of aromatic nitrogens is 1. The predicted octanol–water partition coefficient (Wildman–Crippen LogP) is 0.936. The summed E-state index contributed by atoms with van der Waals surface area (Å²) < 4.78 is 10.9. The summed E-state index contributed by atoms with van der Waals surface area (Å²) in [6, 6.07) is 5.77. The van der Waals surface area contributed by atoms with Gasteiger partial charge in [-0.15, -0.1) is 0 Å². The van der Waals surface area contributed by atoms with Crippen LogP contribution in [0, 0.1) is 0 Å². The van der Waals surface area contributed by atoms with Gasteiger partial charge in [-0.05, 0) is 25.5 Å². The Kier molecular flexibility index (Phi) is 5.21. The van der Waals surface area contributed by atoms with Crippen LogP contribution in [0.3, 0.4) is 0 Å². The summed E-state index contributed by atoms with van der Waals surface area (Å²) in [5.41, 5.74) is 2.49. The van der Waals surface area contributed by atoms with Crippen molar-refractivity contribution in [3.05, 3.63) is 18.2 Å². The van der Waals surface area contributed by atoms with Gasteiger partial charge in [0.1, 0.15) is 11.6 Å². The van der Waals surface area contributed by atoms with E-state index in [4.69, 9.17) is 5.84 Å². The van der Waals surface area contributed by atoms with Crippen molar-refractivity contribution in [2.45, 2.75) is 19.4 Å². The Balaban J connectivity index is 2.48. The molecule has 0 fully saturated rings. The monoisotopic (exact) mass is 242 g/mol. The van der Waals surface area contributed by atoms with E-state index < -0.39 is 10.8 Å². The summed E-state index contributed by atoms with van der Waals surface area (Å²) >= 11 is 0. The molecule has 1 aromatic rings. The van der Waals surface area contributed by atoms with Crippen LogP contribution >= 0.6 is 0 Å². The highest BCUT2D eigenvalue weighted by Gasteiger charge is 2.04. The minimum absolute atomic E-state index is 0.240. The Morgan fingerprint density at radius 2 is 2.19 bits per heavy atom. The van der Waals surface area contributed by atoms with Crippen LogP contribution < -0.4 is 16.6 Å². The van der Waals surface area contributed by atoms with E-state index in [0.29, 0.717) is 11.6 Å². The minimum Gasteiger partial charge on any atom is -0.368 e. The van der Waals surface area contributed by atoms with Gasteiger partial charge in [0.05, 0.1) is 0 Å². The topological polar surface area (TPSA) is 80.0 Å². The smallest absolute Gasteiger partial charge is 0.142 e. The van der Waals surface area contributed by atoms with Gasteiger partial charge in [-0.2, -0.15) is 0 Å². The Bertz CT molecular complexity index is 358. The molecule has 0 radical (unpaired) electrons. The number of hydrogen-bond acceptors (Lipinski definition) is 5. The maximum atomic E-state index is 10.9. The second-order valence-corrected chi connectivity index (χ2v) is 5.22. The molecule has 0 bridgehead atoms. The SMILES string of the molecule is CC(CCS(C)=O)Nc1cccc(NN)n1. The Morgan fingerprint density at radius 3 is 2.81 bits per heavy atom. The van der Waals surface area contributed by atoms with Gasteiger partial charge < -0.3 is 10.7 Å². The maximum absolute atomic E-state index is 10.9. The molecule has 0 amide bonds. The summed E-state index contributed by atoms with van der Waals surface area (Å²) in [6.07, 6.45) is 2.56. The second-order valence-electron chi connectivity index (χ2n) is 3.66. The quantitative estimate of drug-likeness (QED) is 0.511. The average molecular weight is 242 g/mol. The molecule has 0 aliphatic heterocycles. The zero-order valence-corrected chi connectivity index (χ0v) is 10.4. The van der Waals surface area contributed by atoms with Crippen molar-refractivity contribution in [3.8, 4) is 0 Å². The van der Waals surface area contributed by atoms with Crippen LogP contribution in [0.15, 0.2) is 18.2 Å². The van der Waals surface area contributed by atoms with E-state index >= 15 is 0 Å². The lowest BCUT2D eigenvalue weighted by Gasteiger charge is -2.14. The molecule has 0 saturated heterocycles. The minimum atomic E-state index is -0.743. The van der Waals surface area contributed by atoms with Crippen LogP contribution in [-0.2, 0) is 10.8 Å². The van der Waals surface area contributed by atoms with Crippen molar-refractivity contribution in [1.29, 1.82) is 0 Å². The zero-order valence-electron chi connectivity index (χ0n) is 9.56. The normalized spacial score (nSPS) is 14.2. The second kappa shape index (κ2) is 6.44. The van der Waals surface area contributed by atoms with Gasteiger partial charge in [-0.3, -0.25) is 4.21 Å². The molecule has 5 nitrogen and oxygen atoms in total. The molecule has 90 valence electrons. The van der Waals surface area contributed by atoms with Gasteiger partial charge in [-0.1, -0.05) is 6.07 Å². The number of pyridine rings is 1. The Labute approximate surface area is 98.3 Å². The number of rotatable bonds is 6. The third-order valence-corrected chi connectivity index (χ3v) is 2.94. The number of anilines is 2. The van der Waals surface area contributed by atoms with E-state index in [0.717, 1.165) is 12.2 Å². The Hall–Kier alpha value is -1.14. The average Bonchev–Trinajstić information content (AvgIpc) is 2.26. The first-order valence-electron chi connectivity index (χ1n) is 5.12. The van der Waals surface area contributed by atoms with Gasteiger partial charge in [0.15, 0.2) is 0 Å². The van der Waals surface area contributed by atoms with Crippen LogP contribution in [-0.4, -0.2) is 27.2 Å². The number of nitrogens with zero attached hydrogens (tertiary/aromatic N) is 1. The molecular formula is C10H18N4OS. The summed E-state index contributed by atoms with van der Waals surface area (Å²) in [4.78, 5) is 4.24. The predicted molar refractivity (Wildman–Crippen MR) is 68.7 cm³/mol. The molecule has 0 saturated carbocycles. The third kappa shape index (κ3) is 4.59. The van der Waals surface area contributed by atoms with Gasteiger partial charge in [-0.25, -0.2) is 10.8 Å². The number of nitrogens with one attached hydrogen (secondary N) is 2. The molecule has 2 atom stereocenters. The molecular weight excluding hydrogens is 224 g/mol. The van der Waals surface area contributed by atoms with Gasteiger partial charge in [0.2, 0.25) is 0 Å². The van der Waals surface area contributed by atoms with Crippen LogP contribution in [0.2, 0.25) is 0 Å². The molecule has 0 spiro atoms. The number of nitrogen functional groups attached to an aromatic ring is 1. The summed E-state index contributed by atoms with van der Waals surface area (Å²) in [7, 11) is -0.743. The lowest BCUT2D eigenvalue weighted by molar-refractivity contribution is 0.678. The van der Waals surface area contributed by atoms with E-state index in [1.165, 1.54) is 0 Å². The van der Waals surface area contributed by atoms with Crippen LogP contribution in [0.4, 0.5) is 11.6 Å². The first-order chi connectivity index (χ1) is 7.61. The fraction of sp³-hybridized carbons (Fsp3) is 0.500. The first-order valence-corrected chi connectivity index (χ1v) is 6.84. The van der Waals surface area contributed by atoms with Crippen LogP contribution in [0.5, 0.6) is 0 Å². The highest BCUT2D eigenvalue weighted by Crippen LogP contribution is 2.10. The molecule has 0 aromatic carbocycles. The molecule has 6 heteroatoms. The first kappa shape index (κ1) is 12.9. The standard InChI is InChI=1S/C10H18N4OS/c1-8(6-7-16(2)15)12-9-4-3-5-10(13-9)14-11/h3-5,8H,6-7,11H2,1-2H3,(H2,12,13,14). The highest BCUT2D eigenvalue weighted by atomic mass is 32.2. The van der Waals surface area contributed by atoms with Crippen LogP contribution in [0.25, 0.3) is 0 Å². The Morgan fingerprint density at radius 1 is 1.50 bits per heavy atom. The zero-order chi connectivity index (χ0) is 12.0. The molecule has 2 unspecified atom stereocenters. The summed E-state index contributed by atoms with van der Waals surface area (Å²) in [5, 5.41) is 3.23. The third-order valence-electron chi connectivity index (χ3n) is 2.13. The molecule has 1 aromatic heterocycles. The number of hydrogen-bond donors (Lipinski definition) is 3. The molecule has 0 aliphatic rings. The molecule has 16 heavy (non-hydrogen) atoms. The van der Waals surface area contributed by atoms with E-state index in [9.17, 15) is 4.21 Å². The van der Waals surface area contributed by atoms with Crippen molar-refractivity contribution < 1.29 is 4.21 Å². The van der Waals surface area contributed by atoms with Crippen molar-refractivity contribution >= 4 is 22.4 Å². The largest absolute Gasteiger partial charge is 0.368 e. The highest BCUT2D eigenvalue weighted by molar-refractivity contribution is 7.84. The van der Waals surface area contributed by atoms with Gasteiger partial charge in [0, 0.05) is 28.9 Å². The fourth-order valence-electron chi connectivity index (χ4n) is 1.26. The lowest BCUT2D eigenvalue weighted by atomic mass is 10.2. The fourth-order valence-corrected chi connectivity index (χ4v) is 1.95. The molecule has 1 rings (SSSR count). The van der Waals surface area contributed by atoms with Crippen LogP contribution in [0.1, 0.15) is 13.3 Å². The lowest BCUT2D eigenvalue weighted by Crippen LogP contribution is -2.19. The number of nitrogens with two attached hydrogens (primary N) is 1. The molecule has 0 aliphatic carbocycles. The number of hydrazine groups is 1. The van der Waals surface area contributed by atoms with E-state index in [1.807, 2.05) is 19.1 Å². The van der Waals surface area contributed by atoms with E-state index in [-0.39, 0.29) is 6.04 Å². The van der Waals surface area contributed by atoms with Gasteiger partial charge >= 0.3 is 0 Å². The summed E-state index contributed by atoms with van der Waals surface area (Å²) in [6.45, 7) is 2.04. The van der Waals surface area contributed by atoms with Crippen molar-refractivity contribution in [1.82, 2.24) is 4.98 Å².